The molecule has 162 valence electrons. The van der Waals surface area contributed by atoms with Crippen LogP contribution in [0.1, 0.15) is 53.4 Å². The number of hydrazone groups is 1. The van der Waals surface area contributed by atoms with Crippen LogP contribution in [0.2, 0.25) is 0 Å². The van der Waals surface area contributed by atoms with Crippen molar-refractivity contribution in [3.8, 4) is 0 Å². The summed E-state index contributed by atoms with van der Waals surface area (Å²) < 4.78 is 11.8. The summed E-state index contributed by atoms with van der Waals surface area (Å²) in [6, 6.07) is 0.191. The van der Waals surface area contributed by atoms with E-state index in [0.29, 0.717) is 6.42 Å². The van der Waals surface area contributed by atoms with Gasteiger partial charge >= 0.3 is 0 Å². The van der Waals surface area contributed by atoms with Gasteiger partial charge in [-0.3, -0.25) is 4.79 Å². The fourth-order valence-electron chi connectivity index (χ4n) is 5.02. The standard InChI is InChI=1S/C22H33N3O3.ClH/c1-21(2)13-17(24-25(20(21)26)14-8-10-23-11-9-14)15-6-7-18(27-5)19-16(15)12-22(3,4)28-19;/h6-7,14-16,23H,8-13H2,1-5H3;1H. The van der Waals surface area contributed by atoms with Crippen molar-refractivity contribution in [2.75, 3.05) is 20.2 Å². The number of piperidine rings is 1. The summed E-state index contributed by atoms with van der Waals surface area (Å²) >= 11 is 0. The Morgan fingerprint density at radius 2 is 1.93 bits per heavy atom. The highest BCUT2D eigenvalue weighted by Gasteiger charge is 2.49. The molecular formula is C22H34ClN3O3. The highest BCUT2D eigenvalue weighted by molar-refractivity contribution is 5.98. The number of ether oxygens (including phenoxy) is 2. The largest absolute Gasteiger partial charge is 0.493 e. The molecule has 0 aromatic carbocycles. The number of fused-ring (bicyclic) bond motifs is 1. The van der Waals surface area contributed by atoms with E-state index in [1.54, 1.807) is 7.11 Å². The number of rotatable bonds is 3. The van der Waals surface area contributed by atoms with Crippen molar-refractivity contribution in [3.05, 3.63) is 23.7 Å². The van der Waals surface area contributed by atoms with Crippen molar-refractivity contribution in [2.45, 2.75) is 65.0 Å². The van der Waals surface area contributed by atoms with Gasteiger partial charge in [-0.2, -0.15) is 5.10 Å². The number of hydrogen-bond donors (Lipinski definition) is 1. The van der Waals surface area contributed by atoms with Crippen LogP contribution >= 0.6 is 12.4 Å². The van der Waals surface area contributed by atoms with E-state index in [-0.39, 0.29) is 41.8 Å². The Morgan fingerprint density at radius 3 is 2.59 bits per heavy atom. The zero-order valence-electron chi connectivity index (χ0n) is 18.2. The van der Waals surface area contributed by atoms with Gasteiger partial charge in [-0.25, -0.2) is 5.01 Å². The van der Waals surface area contributed by atoms with Crippen molar-refractivity contribution in [3.63, 3.8) is 0 Å². The molecule has 0 radical (unpaired) electrons. The Bertz CT molecular complexity index is 750. The molecule has 4 rings (SSSR count). The van der Waals surface area contributed by atoms with E-state index in [1.807, 2.05) is 11.1 Å². The lowest BCUT2D eigenvalue weighted by molar-refractivity contribution is -0.144. The van der Waals surface area contributed by atoms with Gasteiger partial charge in [-0.15, -0.1) is 12.4 Å². The van der Waals surface area contributed by atoms with Crippen LogP contribution in [-0.2, 0) is 14.3 Å². The van der Waals surface area contributed by atoms with Crippen LogP contribution in [0, 0.1) is 17.3 Å². The number of carbonyl (C=O) groups is 1. The topological polar surface area (TPSA) is 63.2 Å². The molecule has 0 bridgehead atoms. The Hall–Kier alpha value is -1.53. The lowest BCUT2D eigenvalue weighted by Crippen LogP contribution is -2.52. The van der Waals surface area contributed by atoms with Crippen LogP contribution < -0.4 is 5.32 Å². The first-order valence-electron chi connectivity index (χ1n) is 10.5. The lowest BCUT2D eigenvalue weighted by Gasteiger charge is -2.42. The molecule has 1 aliphatic carbocycles. The van der Waals surface area contributed by atoms with E-state index in [0.717, 1.165) is 49.6 Å². The Kier molecular flexibility index (Phi) is 6.08. The van der Waals surface area contributed by atoms with Gasteiger partial charge in [0.15, 0.2) is 5.76 Å². The first-order chi connectivity index (χ1) is 13.2. The predicted octanol–water partition coefficient (Wildman–Crippen LogP) is 3.63. The van der Waals surface area contributed by atoms with Gasteiger partial charge in [0.1, 0.15) is 11.4 Å². The van der Waals surface area contributed by atoms with Crippen LogP contribution in [-0.4, -0.2) is 48.5 Å². The first-order valence-corrected chi connectivity index (χ1v) is 10.5. The number of amides is 1. The van der Waals surface area contributed by atoms with Gasteiger partial charge in [0.2, 0.25) is 5.91 Å². The third-order valence-corrected chi connectivity index (χ3v) is 6.47. The van der Waals surface area contributed by atoms with E-state index < -0.39 is 5.41 Å². The Morgan fingerprint density at radius 1 is 1.24 bits per heavy atom. The molecule has 2 atom stereocenters. The van der Waals surface area contributed by atoms with Gasteiger partial charge in [0.05, 0.1) is 18.6 Å². The summed E-state index contributed by atoms with van der Waals surface area (Å²) in [5.74, 6) is 2.26. The van der Waals surface area contributed by atoms with E-state index in [1.165, 1.54) is 0 Å². The van der Waals surface area contributed by atoms with Crippen LogP contribution in [0.15, 0.2) is 28.8 Å². The van der Waals surface area contributed by atoms with Crippen molar-refractivity contribution < 1.29 is 14.3 Å². The molecule has 2 fully saturated rings. The maximum Gasteiger partial charge on any atom is 0.248 e. The molecule has 0 aromatic heterocycles. The molecule has 7 heteroatoms. The van der Waals surface area contributed by atoms with Gasteiger partial charge in [0, 0.05) is 24.0 Å². The highest BCUT2D eigenvalue weighted by atomic mass is 35.5. The predicted molar refractivity (Wildman–Crippen MR) is 116 cm³/mol. The number of hydrogen-bond acceptors (Lipinski definition) is 5. The summed E-state index contributed by atoms with van der Waals surface area (Å²) in [7, 11) is 1.69. The molecule has 0 saturated carbocycles. The number of nitrogens with zero attached hydrogens (tertiary/aromatic N) is 2. The number of nitrogens with one attached hydrogen (secondary N) is 1. The van der Waals surface area contributed by atoms with Gasteiger partial charge in [-0.05, 0) is 52.3 Å². The van der Waals surface area contributed by atoms with Crippen LogP contribution in [0.25, 0.3) is 0 Å². The summed E-state index contributed by atoms with van der Waals surface area (Å²) in [6.45, 7) is 10.2. The van der Waals surface area contributed by atoms with Crippen LogP contribution in [0.5, 0.6) is 0 Å². The molecule has 1 N–H and O–H groups in total. The van der Waals surface area contributed by atoms with Gasteiger partial charge in [-0.1, -0.05) is 19.9 Å². The average Bonchev–Trinajstić information content (AvgIpc) is 2.98. The summed E-state index contributed by atoms with van der Waals surface area (Å²) in [5, 5.41) is 10.2. The smallest absolute Gasteiger partial charge is 0.248 e. The second kappa shape index (κ2) is 7.95. The quantitative estimate of drug-likeness (QED) is 0.752. The minimum Gasteiger partial charge on any atom is -0.493 e. The molecule has 3 heterocycles. The van der Waals surface area contributed by atoms with Crippen molar-refractivity contribution in [1.29, 1.82) is 0 Å². The molecule has 1 amide bonds. The SMILES string of the molecule is COC1=C2OC(C)(C)CC2C(C2=NN(C3CCNCC3)C(=O)C(C)(C)C2)C=C1.Cl. The zero-order chi connectivity index (χ0) is 20.1. The summed E-state index contributed by atoms with van der Waals surface area (Å²) in [5.41, 5.74) is 0.442. The molecule has 2 saturated heterocycles. The van der Waals surface area contributed by atoms with Crippen molar-refractivity contribution >= 4 is 24.0 Å². The molecule has 0 spiro atoms. The maximum absolute atomic E-state index is 13.1. The number of allylic oxidation sites excluding steroid dienone is 3. The average molecular weight is 424 g/mol. The minimum atomic E-state index is -0.434. The normalized spacial score (nSPS) is 31.0. The van der Waals surface area contributed by atoms with Crippen LogP contribution in [0.4, 0.5) is 0 Å². The Labute approximate surface area is 180 Å². The highest BCUT2D eigenvalue weighted by Crippen LogP contribution is 2.48. The van der Waals surface area contributed by atoms with E-state index in [9.17, 15) is 4.79 Å². The zero-order valence-corrected chi connectivity index (χ0v) is 19.0. The fourth-order valence-corrected chi connectivity index (χ4v) is 5.02. The molecule has 6 nitrogen and oxygen atoms in total. The molecule has 0 aromatic rings. The van der Waals surface area contributed by atoms with Gasteiger partial charge < -0.3 is 14.8 Å². The fraction of sp³-hybridized carbons (Fsp3) is 0.727. The number of carbonyl (C=O) groups excluding carboxylic acids is 1. The number of halogens is 1. The molecule has 4 aliphatic rings. The summed E-state index contributed by atoms with van der Waals surface area (Å²) in [6.07, 6.45) is 7.73. The van der Waals surface area contributed by atoms with Gasteiger partial charge in [0.25, 0.3) is 0 Å². The maximum atomic E-state index is 13.1. The van der Waals surface area contributed by atoms with Crippen molar-refractivity contribution in [1.82, 2.24) is 10.3 Å². The third kappa shape index (κ3) is 4.06. The van der Waals surface area contributed by atoms with Crippen molar-refractivity contribution in [2.24, 2.45) is 22.4 Å². The first kappa shape index (κ1) is 22.2. The second-order valence-electron chi connectivity index (χ2n) is 9.77. The third-order valence-electron chi connectivity index (χ3n) is 6.47. The summed E-state index contributed by atoms with van der Waals surface area (Å²) in [4.78, 5) is 13.1. The van der Waals surface area contributed by atoms with Crippen LogP contribution in [0.3, 0.4) is 0 Å². The van der Waals surface area contributed by atoms with E-state index in [4.69, 9.17) is 14.6 Å². The Balaban J connectivity index is 0.00000240. The lowest BCUT2D eigenvalue weighted by atomic mass is 9.73. The monoisotopic (exact) mass is 423 g/mol. The second-order valence-corrected chi connectivity index (χ2v) is 9.77. The molecule has 29 heavy (non-hydrogen) atoms. The minimum absolute atomic E-state index is 0. The molecule has 2 unspecified atom stereocenters. The number of methoxy groups -OCH3 is 1. The molecular weight excluding hydrogens is 390 g/mol. The van der Waals surface area contributed by atoms with E-state index in [2.05, 4.69) is 39.1 Å². The van der Waals surface area contributed by atoms with E-state index >= 15 is 0 Å². The molecule has 3 aliphatic heterocycles.